The number of sulfonamides is 1. The minimum atomic E-state index is -4.28. The van der Waals surface area contributed by atoms with E-state index in [4.69, 9.17) is 9.97 Å². The highest BCUT2D eigenvalue weighted by atomic mass is 35.5. The van der Waals surface area contributed by atoms with E-state index in [1.807, 2.05) is 18.2 Å². The lowest BCUT2D eigenvalue weighted by Gasteiger charge is -2.34. The van der Waals surface area contributed by atoms with Gasteiger partial charge in [0.25, 0.3) is 15.9 Å². The normalized spacial score (nSPS) is 22.6. The summed E-state index contributed by atoms with van der Waals surface area (Å²) in [5.41, 5.74) is 3.59. The summed E-state index contributed by atoms with van der Waals surface area (Å²) in [6.07, 6.45) is 5.68. The van der Waals surface area contributed by atoms with Crippen molar-refractivity contribution in [2.24, 2.45) is 5.92 Å². The number of rotatable bonds is 2. The van der Waals surface area contributed by atoms with Crippen LogP contribution in [0.2, 0.25) is 0 Å². The molecule has 1 fully saturated rings. The number of carbonyl (C=O) groups excluding carboxylic acids is 1. The number of pyridine rings is 3. The summed E-state index contributed by atoms with van der Waals surface area (Å²) in [7, 11) is -4.28. The number of halogens is 1. The van der Waals surface area contributed by atoms with Crippen LogP contribution in [0.3, 0.4) is 0 Å². The number of amides is 1. The Hall–Kier alpha value is -3.54. The summed E-state index contributed by atoms with van der Waals surface area (Å²) >= 11 is 0. The molecular weight excluding hydrogens is 622 g/mol. The highest BCUT2D eigenvalue weighted by Gasteiger charge is 2.41. The number of hydrogen-bond donors (Lipinski definition) is 3. The van der Waals surface area contributed by atoms with Gasteiger partial charge < -0.3 is 15.5 Å². The molecule has 10 nitrogen and oxygen atoms in total. The van der Waals surface area contributed by atoms with Gasteiger partial charge in [-0.2, -0.15) is 8.42 Å². The summed E-state index contributed by atoms with van der Waals surface area (Å²) in [4.78, 5) is 30.4. The molecule has 6 rings (SSSR count). The van der Waals surface area contributed by atoms with Gasteiger partial charge in [-0.05, 0) is 94.0 Å². The molecule has 0 unspecified atom stereocenters. The third-order valence-corrected chi connectivity index (χ3v) is 10.3. The first-order valence-corrected chi connectivity index (χ1v) is 17.3. The predicted octanol–water partition coefficient (Wildman–Crippen LogP) is 5.64. The SMILES string of the molecule is CC(C)(C)c1ccc2c(n1)N1C[C@@H](CC[C@H](c3cccc(C4=CCNCC4)n3)Nc3cccc(n3)S(=O)(=O)NC2=O)CC1(C)C.Cl. The van der Waals surface area contributed by atoms with Crippen LogP contribution in [0, 0.1) is 5.92 Å². The van der Waals surface area contributed by atoms with Crippen LogP contribution in [0.25, 0.3) is 5.57 Å². The average Bonchev–Trinajstić information content (AvgIpc) is 3.32. The molecule has 12 heteroatoms. The molecule has 246 valence electrons. The molecule has 3 N–H and O–H groups in total. The van der Waals surface area contributed by atoms with Crippen molar-refractivity contribution in [2.75, 3.05) is 29.9 Å². The zero-order chi connectivity index (χ0) is 32.0. The third-order valence-electron chi connectivity index (χ3n) is 9.04. The summed E-state index contributed by atoms with van der Waals surface area (Å²) in [5.74, 6) is 0.518. The van der Waals surface area contributed by atoms with Gasteiger partial charge in [0, 0.05) is 29.7 Å². The Labute approximate surface area is 278 Å². The highest BCUT2D eigenvalue weighted by molar-refractivity contribution is 7.90. The number of aromatic nitrogens is 3. The Kier molecular flexibility index (Phi) is 9.50. The van der Waals surface area contributed by atoms with E-state index in [2.05, 4.69) is 72.0 Å². The highest BCUT2D eigenvalue weighted by Crippen LogP contribution is 2.41. The molecule has 2 atom stereocenters. The fourth-order valence-electron chi connectivity index (χ4n) is 6.63. The maximum atomic E-state index is 13.7. The molecule has 0 saturated carbocycles. The molecule has 3 aromatic heterocycles. The zero-order valence-corrected chi connectivity index (χ0v) is 28.8. The minimum Gasteiger partial charge on any atom is -0.362 e. The van der Waals surface area contributed by atoms with Gasteiger partial charge in [-0.3, -0.25) is 9.78 Å². The van der Waals surface area contributed by atoms with E-state index in [0.29, 0.717) is 24.1 Å². The smallest absolute Gasteiger partial charge is 0.281 e. The molecule has 0 spiro atoms. The van der Waals surface area contributed by atoms with E-state index in [1.54, 1.807) is 18.2 Å². The van der Waals surface area contributed by atoms with Crippen LogP contribution >= 0.6 is 12.4 Å². The fourth-order valence-corrected chi connectivity index (χ4v) is 7.57. The summed E-state index contributed by atoms with van der Waals surface area (Å²) in [6.45, 7) is 13.0. The van der Waals surface area contributed by atoms with E-state index in [0.717, 1.165) is 55.9 Å². The van der Waals surface area contributed by atoms with Crippen molar-refractivity contribution in [3.8, 4) is 0 Å². The number of nitrogens with zero attached hydrogens (tertiary/aromatic N) is 4. The lowest BCUT2D eigenvalue weighted by Crippen LogP contribution is -2.41. The Morgan fingerprint density at radius 1 is 0.978 bits per heavy atom. The summed E-state index contributed by atoms with van der Waals surface area (Å²) in [6, 6.07) is 14.2. The fraction of sp³-hybridized carbons (Fsp3) is 0.471. The number of nitrogens with one attached hydrogen (secondary N) is 3. The van der Waals surface area contributed by atoms with Crippen molar-refractivity contribution in [1.82, 2.24) is 25.0 Å². The first kappa shape index (κ1) is 33.8. The van der Waals surface area contributed by atoms with Crippen molar-refractivity contribution < 1.29 is 13.2 Å². The first-order valence-electron chi connectivity index (χ1n) is 15.8. The van der Waals surface area contributed by atoms with Crippen LogP contribution in [-0.4, -0.2) is 54.5 Å². The standard InChI is InChI=1S/C34H43N7O3S.ClH/c1-33(2,3)28-15-13-24-31(38-28)41-21-22(20-34(41,4)5)12-14-27(26-9-6-8-25(36-26)23-16-18-35-19-17-23)37-29-10-7-11-30(39-29)45(43,44)40-32(24)42;/h6-11,13,15-16,22,27,35H,12,14,17-21H2,1-5H3,(H,37,39)(H,40,42);1H/t22-,27+;/m0./s1. The second kappa shape index (κ2) is 12.9. The van der Waals surface area contributed by atoms with Crippen molar-refractivity contribution >= 4 is 45.5 Å². The molecule has 1 amide bonds. The maximum absolute atomic E-state index is 13.7. The average molecular weight is 666 g/mol. The van der Waals surface area contributed by atoms with Gasteiger partial charge in [0.1, 0.15) is 11.6 Å². The van der Waals surface area contributed by atoms with Crippen molar-refractivity contribution in [3.63, 3.8) is 0 Å². The third kappa shape index (κ3) is 7.06. The molecule has 3 aliphatic heterocycles. The number of fused-ring (bicyclic) bond motifs is 6. The van der Waals surface area contributed by atoms with Gasteiger partial charge in [-0.25, -0.2) is 14.7 Å². The Morgan fingerprint density at radius 3 is 2.50 bits per heavy atom. The van der Waals surface area contributed by atoms with Gasteiger partial charge in [-0.15, -0.1) is 12.4 Å². The van der Waals surface area contributed by atoms with Crippen LogP contribution in [0.15, 0.2) is 59.6 Å². The molecule has 46 heavy (non-hydrogen) atoms. The molecule has 3 aromatic rings. The summed E-state index contributed by atoms with van der Waals surface area (Å²) in [5, 5.41) is 6.62. The molecule has 0 aromatic carbocycles. The minimum absolute atomic E-state index is 0. The molecule has 1 saturated heterocycles. The van der Waals surface area contributed by atoms with Crippen LogP contribution in [0.1, 0.15) is 93.8 Å². The molecule has 0 radical (unpaired) electrons. The van der Waals surface area contributed by atoms with Gasteiger partial charge in [0.05, 0.1) is 23.0 Å². The van der Waals surface area contributed by atoms with E-state index in [-0.39, 0.29) is 40.0 Å². The lowest BCUT2D eigenvalue weighted by atomic mass is 9.90. The monoisotopic (exact) mass is 665 g/mol. The number of anilines is 2. The summed E-state index contributed by atoms with van der Waals surface area (Å²) < 4.78 is 29.3. The second-order valence-corrected chi connectivity index (χ2v) is 15.6. The van der Waals surface area contributed by atoms with Crippen molar-refractivity contribution in [2.45, 2.75) is 82.3 Å². The quantitative estimate of drug-likeness (QED) is 0.319. The molecule has 0 aliphatic carbocycles. The van der Waals surface area contributed by atoms with Crippen LogP contribution in [0.5, 0.6) is 0 Å². The lowest BCUT2D eigenvalue weighted by molar-refractivity contribution is 0.0981. The van der Waals surface area contributed by atoms with Crippen molar-refractivity contribution in [3.05, 3.63) is 77.3 Å². The Balaban J connectivity index is 0.00000417. The predicted molar refractivity (Wildman–Crippen MR) is 184 cm³/mol. The van der Waals surface area contributed by atoms with E-state index >= 15 is 0 Å². The Morgan fingerprint density at radius 2 is 1.76 bits per heavy atom. The van der Waals surface area contributed by atoms with Gasteiger partial charge >= 0.3 is 0 Å². The maximum Gasteiger partial charge on any atom is 0.281 e. The topological polar surface area (TPSA) is 129 Å². The zero-order valence-electron chi connectivity index (χ0n) is 27.1. The van der Waals surface area contributed by atoms with E-state index < -0.39 is 15.9 Å². The van der Waals surface area contributed by atoms with Gasteiger partial charge in [-0.1, -0.05) is 39.0 Å². The molecule has 4 bridgehead atoms. The second-order valence-electron chi connectivity index (χ2n) is 14.0. The van der Waals surface area contributed by atoms with Crippen molar-refractivity contribution in [1.29, 1.82) is 0 Å². The molecular formula is C34H44ClN7O3S. The van der Waals surface area contributed by atoms with Gasteiger partial charge in [0.15, 0.2) is 5.03 Å². The first-order chi connectivity index (χ1) is 21.3. The van der Waals surface area contributed by atoms with Crippen LogP contribution < -0.4 is 20.3 Å². The van der Waals surface area contributed by atoms with E-state index in [1.165, 1.54) is 11.6 Å². The number of hydrogen-bond acceptors (Lipinski definition) is 9. The molecule has 6 heterocycles. The van der Waals surface area contributed by atoms with E-state index in [9.17, 15) is 13.2 Å². The molecule has 3 aliphatic rings. The van der Waals surface area contributed by atoms with Gasteiger partial charge in [0.2, 0.25) is 0 Å². The Bertz CT molecular complexity index is 1750. The number of carbonyl (C=O) groups is 1. The van der Waals surface area contributed by atoms with Crippen LogP contribution in [0.4, 0.5) is 11.6 Å². The van der Waals surface area contributed by atoms with Crippen LogP contribution in [-0.2, 0) is 15.4 Å². The largest absolute Gasteiger partial charge is 0.362 e.